The predicted molar refractivity (Wildman–Crippen MR) is 144 cm³/mol. The van der Waals surface area contributed by atoms with Crippen molar-refractivity contribution >= 4 is 28.4 Å². The van der Waals surface area contributed by atoms with Gasteiger partial charge in [-0.25, -0.2) is 0 Å². The lowest BCUT2D eigenvalue weighted by Crippen LogP contribution is -2.31. The van der Waals surface area contributed by atoms with Gasteiger partial charge in [-0.2, -0.15) is 0 Å². The smallest absolute Gasteiger partial charge is 0.295 e. The number of hydrogen-bond donors (Lipinski definition) is 2. The summed E-state index contributed by atoms with van der Waals surface area (Å²) < 4.78 is 15.9. The molecule has 1 aliphatic rings. The fourth-order valence-electron chi connectivity index (χ4n) is 4.90. The van der Waals surface area contributed by atoms with Crippen LogP contribution in [0.4, 0.5) is 0 Å². The maximum Gasteiger partial charge on any atom is 0.295 e. The van der Waals surface area contributed by atoms with Crippen molar-refractivity contribution in [2.75, 3.05) is 27.9 Å². The number of fused-ring (bicyclic) bond motifs is 1. The summed E-state index contributed by atoms with van der Waals surface area (Å²) in [6.07, 6.45) is 2.39. The number of aliphatic hydroxyl groups excluding tert-OH is 1. The second kappa shape index (κ2) is 10.3. The van der Waals surface area contributed by atoms with Crippen LogP contribution in [0.1, 0.15) is 22.7 Å². The molecule has 2 N–H and O–H groups in total. The van der Waals surface area contributed by atoms with E-state index in [4.69, 9.17) is 14.2 Å². The van der Waals surface area contributed by atoms with E-state index in [2.05, 4.69) is 4.98 Å². The Labute approximate surface area is 220 Å². The van der Waals surface area contributed by atoms with Crippen molar-refractivity contribution in [2.24, 2.45) is 0 Å². The zero-order valence-corrected chi connectivity index (χ0v) is 21.4. The number of hydrogen-bond acceptors (Lipinski definition) is 6. The van der Waals surface area contributed by atoms with Gasteiger partial charge in [0.25, 0.3) is 11.7 Å². The molecule has 8 nitrogen and oxygen atoms in total. The molecule has 3 aromatic carbocycles. The summed E-state index contributed by atoms with van der Waals surface area (Å²) in [6, 6.07) is 18.9. The first-order valence-electron chi connectivity index (χ1n) is 12.2. The molecule has 0 aliphatic carbocycles. The van der Waals surface area contributed by atoms with Crippen LogP contribution < -0.4 is 14.2 Å². The Morgan fingerprint density at radius 2 is 1.58 bits per heavy atom. The Morgan fingerprint density at radius 3 is 2.29 bits per heavy atom. The first-order valence-corrected chi connectivity index (χ1v) is 12.2. The summed E-state index contributed by atoms with van der Waals surface area (Å²) in [5, 5.41) is 12.3. The largest absolute Gasteiger partial charge is 0.507 e. The highest BCUT2D eigenvalue weighted by atomic mass is 16.5. The second-order valence-corrected chi connectivity index (χ2v) is 8.97. The second-order valence-electron chi connectivity index (χ2n) is 8.97. The van der Waals surface area contributed by atoms with E-state index in [0.29, 0.717) is 29.0 Å². The van der Waals surface area contributed by atoms with E-state index >= 15 is 0 Å². The number of nitrogens with one attached hydrogen (secondary N) is 1. The summed E-state index contributed by atoms with van der Waals surface area (Å²) in [7, 11) is 4.71. The minimum Gasteiger partial charge on any atom is -0.507 e. The highest BCUT2D eigenvalue weighted by Crippen LogP contribution is 2.40. The van der Waals surface area contributed by atoms with Gasteiger partial charge in [0.15, 0.2) is 0 Å². The zero-order chi connectivity index (χ0) is 26.8. The van der Waals surface area contributed by atoms with E-state index in [9.17, 15) is 14.7 Å². The molecule has 0 radical (unpaired) electrons. The number of methoxy groups -OCH3 is 3. The van der Waals surface area contributed by atoms with Gasteiger partial charge in [0, 0.05) is 29.2 Å². The predicted octanol–water partition coefficient (Wildman–Crippen LogP) is 4.86. The van der Waals surface area contributed by atoms with Crippen LogP contribution in [-0.4, -0.2) is 54.6 Å². The molecule has 1 fully saturated rings. The Hall–Kier alpha value is -4.72. The van der Waals surface area contributed by atoms with Crippen LogP contribution in [0, 0.1) is 0 Å². The molecule has 1 aliphatic heterocycles. The first-order chi connectivity index (χ1) is 18.4. The summed E-state index contributed by atoms with van der Waals surface area (Å²) >= 11 is 0. The van der Waals surface area contributed by atoms with E-state index in [1.807, 2.05) is 24.4 Å². The van der Waals surface area contributed by atoms with E-state index in [1.165, 1.54) is 12.0 Å². The fourth-order valence-corrected chi connectivity index (χ4v) is 4.90. The van der Waals surface area contributed by atoms with E-state index in [0.717, 1.165) is 22.2 Å². The average Bonchev–Trinajstić information content (AvgIpc) is 3.48. The van der Waals surface area contributed by atoms with Gasteiger partial charge < -0.3 is 29.2 Å². The van der Waals surface area contributed by atoms with E-state index in [-0.39, 0.29) is 17.9 Å². The van der Waals surface area contributed by atoms with Crippen molar-refractivity contribution in [1.29, 1.82) is 0 Å². The number of ketones is 1. The van der Waals surface area contributed by atoms with E-state index in [1.54, 1.807) is 62.8 Å². The number of likely N-dealkylation sites (tertiary alicyclic amines) is 1. The van der Waals surface area contributed by atoms with Crippen molar-refractivity contribution in [3.05, 3.63) is 95.2 Å². The lowest BCUT2D eigenvalue weighted by Gasteiger charge is -2.25. The third kappa shape index (κ3) is 4.45. The molecule has 1 amide bonds. The van der Waals surface area contributed by atoms with Crippen LogP contribution in [-0.2, 0) is 16.0 Å². The van der Waals surface area contributed by atoms with Crippen LogP contribution in [0.3, 0.4) is 0 Å². The van der Waals surface area contributed by atoms with Crippen molar-refractivity contribution in [3.8, 4) is 17.2 Å². The van der Waals surface area contributed by atoms with Gasteiger partial charge in [0.1, 0.15) is 23.0 Å². The molecule has 4 aromatic rings. The fraction of sp³-hybridized carbons (Fsp3) is 0.200. The minimum atomic E-state index is -0.771. The monoisotopic (exact) mass is 512 g/mol. The van der Waals surface area contributed by atoms with Gasteiger partial charge in [0.2, 0.25) is 0 Å². The summed E-state index contributed by atoms with van der Waals surface area (Å²) in [5.41, 5.74) is 3.06. The van der Waals surface area contributed by atoms with Gasteiger partial charge in [-0.3, -0.25) is 9.59 Å². The molecule has 0 saturated carbocycles. The highest BCUT2D eigenvalue weighted by Gasteiger charge is 2.46. The van der Waals surface area contributed by atoms with Gasteiger partial charge >= 0.3 is 0 Å². The van der Waals surface area contributed by atoms with Crippen molar-refractivity contribution < 1.29 is 28.9 Å². The summed E-state index contributed by atoms with van der Waals surface area (Å²) in [4.78, 5) is 31.5. The SMILES string of the molecule is COc1ccc(C2/C(=C(/O)c3cccc(OC)c3)C(=O)C(=O)N2CCc2c[nH]c3ccc(OC)cc23)cc1. The first kappa shape index (κ1) is 25.0. The maximum absolute atomic E-state index is 13.4. The topological polar surface area (TPSA) is 101 Å². The molecule has 1 saturated heterocycles. The number of nitrogens with zero attached hydrogens (tertiary/aromatic N) is 1. The number of aliphatic hydroxyl groups is 1. The Bertz CT molecular complexity index is 1540. The number of ether oxygens (including phenoxy) is 3. The molecule has 194 valence electrons. The number of amides is 1. The number of rotatable bonds is 8. The van der Waals surface area contributed by atoms with E-state index < -0.39 is 17.7 Å². The lowest BCUT2D eigenvalue weighted by molar-refractivity contribution is -0.139. The zero-order valence-electron chi connectivity index (χ0n) is 21.4. The number of aromatic amines is 1. The molecular formula is C30H28N2O6. The molecule has 0 spiro atoms. The normalized spacial score (nSPS) is 16.7. The Balaban J connectivity index is 1.56. The molecule has 1 aromatic heterocycles. The van der Waals surface area contributed by atoms with Gasteiger partial charge in [-0.15, -0.1) is 0 Å². The highest BCUT2D eigenvalue weighted by molar-refractivity contribution is 6.46. The quantitative estimate of drug-likeness (QED) is 0.199. The van der Waals surface area contributed by atoms with Crippen LogP contribution >= 0.6 is 0 Å². The molecule has 1 atom stereocenters. The number of Topliss-reactive ketones (excluding diaryl/α,β-unsaturated/α-hetero) is 1. The van der Waals surface area contributed by atoms with Crippen LogP contribution in [0.2, 0.25) is 0 Å². The summed E-state index contributed by atoms with van der Waals surface area (Å²) in [6.45, 7) is 0.264. The number of H-pyrrole nitrogens is 1. The van der Waals surface area contributed by atoms with Gasteiger partial charge in [0.05, 0.1) is 32.9 Å². The number of benzene rings is 3. The molecule has 38 heavy (non-hydrogen) atoms. The molecular weight excluding hydrogens is 484 g/mol. The third-order valence-electron chi connectivity index (χ3n) is 6.91. The van der Waals surface area contributed by atoms with Crippen LogP contribution in [0.15, 0.2) is 78.5 Å². The van der Waals surface area contributed by atoms with Crippen molar-refractivity contribution in [2.45, 2.75) is 12.5 Å². The van der Waals surface area contributed by atoms with Crippen LogP contribution in [0.25, 0.3) is 16.7 Å². The summed E-state index contributed by atoms with van der Waals surface area (Å²) in [5.74, 6) is 0.266. The van der Waals surface area contributed by atoms with Gasteiger partial charge in [-0.1, -0.05) is 24.3 Å². The standard InChI is InChI=1S/C30H28N2O6/c1-36-21-9-7-18(8-10-21)27-26(28(33)19-5-4-6-22(15-19)37-2)29(34)30(35)32(27)14-13-20-17-31-25-12-11-23(38-3)16-24(20)25/h4-12,15-17,27,31,33H,13-14H2,1-3H3/b28-26-. The third-order valence-corrected chi connectivity index (χ3v) is 6.91. The molecule has 0 bridgehead atoms. The molecule has 1 unspecified atom stereocenters. The number of aromatic nitrogens is 1. The average molecular weight is 513 g/mol. The molecule has 5 rings (SSSR count). The minimum absolute atomic E-state index is 0.0361. The van der Waals surface area contributed by atoms with Crippen molar-refractivity contribution in [3.63, 3.8) is 0 Å². The molecule has 8 heteroatoms. The lowest BCUT2D eigenvalue weighted by atomic mass is 9.95. The Kier molecular flexibility index (Phi) is 6.79. The van der Waals surface area contributed by atoms with Crippen molar-refractivity contribution in [1.82, 2.24) is 9.88 Å². The maximum atomic E-state index is 13.4. The molecule has 2 heterocycles. The number of carbonyl (C=O) groups excluding carboxylic acids is 2. The Morgan fingerprint density at radius 1 is 0.895 bits per heavy atom. The van der Waals surface area contributed by atoms with Gasteiger partial charge in [-0.05, 0) is 60.0 Å². The van der Waals surface area contributed by atoms with Crippen LogP contribution in [0.5, 0.6) is 17.2 Å². The number of carbonyl (C=O) groups is 2.